The molecule has 2 aromatic carbocycles. The number of aromatic nitrogens is 2. The van der Waals surface area contributed by atoms with Gasteiger partial charge in [0.25, 0.3) is 0 Å². The molecule has 0 bridgehead atoms. The van der Waals surface area contributed by atoms with E-state index in [1.54, 1.807) is 24.3 Å². The molecule has 0 unspecified atom stereocenters. The molecule has 1 amide bonds. The zero-order valence-electron chi connectivity index (χ0n) is 14.9. The lowest BCUT2D eigenvalue weighted by atomic mass is 10.0. The van der Waals surface area contributed by atoms with Crippen LogP contribution in [0.25, 0.3) is 11.3 Å². The van der Waals surface area contributed by atoms with E-state index in [1.165, 1.54) is 12.1 Å². The summed E-state index contributed by atoms with van der Waals surface area (Å²) >= 11 is 5.97. The maximum absolute atomic E-state index is 13.4. The molecular weight excluding hydrogens is 367 g/mol. The zero-order chi connectivity index (χ0) is 19.2. The molecule has 3 aromatic rings. The topological polar surface area (TPSA) is 59.0 Å². The number of anilines is 2. The predicted octanol–water partition coefficient (Wildman–Crippen LogP) is 4.45. The summed E-state index contributed by atoms with van der Waals surface area (Å²) in [6.45, 7) is 3.97. The van der Waals surface area contributed by atoms with Crippen LogP contribution in [-0.2, 0) is 16.9 Å². The molecule has 4 rings (SSSR count). The fourth-order valence-corrected chi connectivity index (χ4v) is 3.40. The summed E-state index contributed by atoms with van der Waals surface area (Å²) in [7, 11) is 0. The molecule has 0 atom stereocenters. The number of benzene rings is 2. The van der Waals surface area contributed by atoms with Gasteiger partial charge in [0.1, 0.15) is 29.7 Å². The van der Waals surface area contributed by atoms with E-state index in [0.29, 0.717) is 16.5 Å². The summed E-state index contributed by atoms with van der Waals surface area (Å²) in [5.41, 5.74) is 1.61. The number of nitrogens with one attached hydrogen (secondary N) is 2. The Bertz CT molecular complexity index is 1010. The Morgan fingerprint density at radius 1 is 1.15 bits per heavy atom. The van der Waals surface area contributed by atoms with E-state index >= 15 is 0 Å². The number of imidazole rings is 1. The molecule has 0 aliphatic carbocycles. The van der Waals surface area contributed by atoms with Gasteiger partial charge in [0.15, 0.2) is 0 Å². The van der Waals surface area contributed by atoms with Gasteiger partial charge in [-0.05, 0) is 62.4 Å². The van der Waals surface area contributed by atoms with E-state index in [1.807, 2.05) is 30.5 Å². The maximum atomic E-state index is 13.4. The second-order valence-electron chi connectivity index (χ2n) is 7.03. The molecule has 0 saturated carbocycles. The fraction of sp³-hybridized carbons (Fsp3) is 0.200. The van der Waals surface area contributed by atoms with Crippen molar-refractivity contribution in [2.24, 2.45) is 0 Å². The van der Waals surface area contributed by atoms with Gasteiger partial charge < -0.3 is 15.2 Å². The van der Waals surface area contributed by atoms with Crippen LogP contribution in [-0.4, -0.2) is 15.5 Å². The molecular formula is C20H18ClFN4O. The van der Waals surface area contributed by atoms with E-state index in [2.05, 4.69) is 10.6 Å². The first-order chi connectivity index (χ1) is 12.8. The Balaban J connectivity index is 1.88. The largest absolute Gasteiger partial charge is 0.342 e. The summed E-state index contributed by atoms with van der Waals surface area (Å²) in [6, 6.07) is 13.4. The molecule has 1 aromatic heterocycles. The molecule has 1 aliphatic heterocycles. The molecule has 0 spiro atoms. The average molecular weight is 385 g/mol. The first-order valence-corrected chi connectivity index (χ1v) is 8.92. The number of nitrogens with zero attached hydrogens (tertiary/aromatic N) is 2. The molecule has 2 heterocycles. The Labute approximate surface area is 161 Å². The standard InChI is InChI=1S/C20H18ClFN4O/c1-20(2)19-24-17(12-3-7-14(22)8-4-12)18(26(19)11-16(27)25-20)23-15-9-5-13(21)6-10-15/h3-10,23H,11H2,1-2H3,(H,25,27). The highest BCUT2D eigenvalue weighted by Gasteiger charge is 2.36. The lowest BCUT2D eigenvalue weighted by Gasteiger charge is -2.31. The lowest BCUT2D eigenvalue weighted by Crippen LogP contribution is -2.49. The van der Waals surface area contributed by atoms with E-state index in [-0.39, 0.29) is 18.3 Å². The number of hydrogen-bond donors (Lipinski definition) is 2. The van der Waals surface area contributed by atoms with Gasteiger partial charge in [-0.25, -0.2) is 9.37 Å². The highest BCUT2D eigenvalue weighted by molar-refractivity contribution is 6.30. The number of carbonyl (C=O) groups is 1. The molecule has 27 heavy (non-hydrogen) atoms. The molecule has 1 aliphatic rings. The zero-order valence-corrected chi connectivity index (χ0v) is 15.6. The molecule has 0 saturated heterocycles. The van der Waals surface area contributed by atoms with Crippen molar-refractivity contribution in [1.82, 2.24) is 14.9 Å². The highest BCUT2D eigenvalue weighted by Crippen LogP contribution is 2.36. The van der Waals surface area contributed by atoms with Crippen molar-refractivity contribution in [3.63, 3.8) is 0 Å². The van der Waals surface area contributed by atoms with Crippen LogP contribution in [0.2, 0.25) is 5.02 Å². The van der Waals surface area contributed by atoms with Gasteiger partial charge in [-0.3, -0.25) is 4.79 Å². The second-order valence-corrected chi connectivity index (χ2v) is 7.47. The molecule has 0 radical (unpaired) electrons. The minimum absolute atomic E-state index is 0.0882. The van der Waals surface area contributed by atoms with Crippen molar-refractivity contribution in [3.8, 4) is 11.3 Å². The minimum atomic E-state index is -0.621. The van der Waals surface area contributed by atoms with E-state index in [0.717, 1.165) is 17.1 Å². The molecule has 0 fully saturated rings. The van der Waals surface area contributed by atoms with Gasteiger partial charge in [-0.2, -0.15) is 0 Å². The summed E-state index contributed by atoms with van der Waals surface area (Å²) < 4.78 is 15.2. The van der Waals surface area contributed by atoms with Gasteiger partial charge in [0.2, 0.25) is 5.91 Å². The Hall–Kier alpha value is -2.86. The third-order valence-electron chi connectivity index (χ3n) is 4.50. The Morgan fingerprint density at radius 3 is 2.48 bits per heavy atom. The molecule has 138 valence electrons. The number of carbonyl (C=O) groups excluding carboxylic acids is 1. The van der Waals surface area contributed by atoms with Gasteiger partial charge in [0, 0.05) is 16.3 Å². The van der Waals surface area contributed by atoms with Gasteiger partial charge in [0.05, 0.1) is 5.54 Å². The monoisotopic (exact) mass is 384 g/mol. The minimum Gasteiger partial charge on any atom is -0.342 e. The van der Waals surface area contributed by atoms with Gasteiger partial charge >= 0.3 is 0 Å². The number of fused-ring (bicyclic) bond motifs is 1. The van der Waals surface area contributed by atoms with Crippen molar-refractivity contribution in [1.29, 1.82) is 0 Å². The van der Waals surface area contributed by atoms with Crippen molar-refractivity contribution < 1.29 is 9.18 Å². The number of halogens is 2. The SMILES string of the molecule is CC1(C)NC(=O)Cn2c1nc(-c1ccc(F)cc1)c2Nc1ccc(Cl)cc1. The quantitative estimate of drug-likeness (QED) is 0.701. The average Bonchev–Trinajstić information content (AvgIpc) is 2.96. The normalized spacial score (nSPS) is 15.2. The Kier molecular flexibility index (Phi) is 4.15. The first-order valence-electron chi connectivity index (χ1n) is 8.54. The van der Waals surface area contributed by atoms with E-state index in [9.17, 15) is 9.18 Å². The van der Waals surface area contributed by atoms with Crippen LogP contribution in [0.1, 0.15) is 19.7 Å². The van der Waals surface area contributed by atoms with Crippen LogP contribution >= 0.6 is 11.6 Å². The van der Waals surface area contributed by atoms with Crippen LogP contribution in [0.3, 0.4) is 0 Å². The first kappa shape index (κ1) is 17.5. The second kappa shape index (κ2) is 6.39. The Morgan fingerprint density at radius 2 is 1.81 bits per heavy atom. The maximum Gasteiger partial charge on any atom is 0.240 e. The van der Waals surface area contributed by atoms with Crippen molar-refractivity contribution >= 4 is 29.0 Å². The molecule has 2 N–H and O–H groups in total. The molecule has 7 heteroatoms. The fourth-order valence-electron chi connectivity index (χ4n) is 3.28. The number of rotatable bonds is 3. The van der Waals surface area contributed by atoms with E-state index in [4.69, 9.17) is 16.6 Å². The van der Waals surface area contributed by atoms with Crippen LogP contribution in [0.4, 0.5) is 15.9 Å². The highest BCUT2D eigenvalue weighted by atomic mass is 35.5. The summed E-state index contributed by atoms with van der Waals surface area (Å²) in [5, 5.41) is 6.94. The van der Waals surface area contributed by atoms with Crippen molar-refractivity contribution in [3.05, 3.63) is 65.2 Å². The third-order valence-corrected chi connectivity index (χ3v) is 4.76. The number of amides is 1. The van der Waals surface area contributed by atoms with Gasteiger partial charge in [-0.15, -0.1) is 0 Å². The van der Waals surface area contributed by atoms with Gasteiger partial charge in [-0.1, -0.05) is 11.6 Å². The molecule has 5 nitrogen and oxygen atoms in total. The van der Waals surface area contributed by atoms with Crippen molar-refractivity contribution in [2.75, 3.05) is 5.32 Å². The smallest absolute Gasteiger partial charge is 0.240 e. The van der Waals surface area contributed by atoms with Crippen molar-refractivity contribution in [2.45, 2.75) is 25.9 Å². The van der Waals surface area contributed by atoms with Crippen LogP contribution in [0, 0.1) is 5.82 Å². The summed E-state index contributed by atoms with van der Waals surface area (Å²) in [4.78, 5) is 17.0. The van der Waals surface area contributed by atoms with E-state index < -0.39 is 5.54 Å². The lowest BCUT2D eigenvalue weighted by molar-refractivity contribution is -0.124. The summed E-state index contributed by atoms with van der Waals surface area (Å²) in [6.07, 6.45) is 0. The number of hydrogen-bond acceptors (Lipinski definition) is 3. The predicted molar refractivity (Wildman–Crippen MR) is 104 cm³/mol. The van der Waals surface area contributed by atoms with Crippen LogP contribution in [0.5, 0.6) is 0 Å². The third kappa shape index (κ3) is 3.28. The van der Waals surface area contributed by atoms with Crippen LogP contribution < -0.4 is 10.6 Å². The van der Waals surface area contributed by atoms with Crippen LogP contribution in [0.15, 0.2) is 48.5 Å². The summed E-state index contributed by atoms with van der Waals surface area (Å²) in [5.74, 6) is 1.02.